The minimum absolute atomic E-state index is 0.764. The van der Waals surface area contributed by atoms with Crippen LogP contribution in [-0.4, -0.2) is 26.3 Å². The minimum atomic E-state index is 0.764. The van der Waals surface area contributed by atoms with Crippen LogP contribution in [0.5, 0.6) is 0 Å². The molecule has 0 bridgehead atoms. The molecule has 0 saturated carbocycles. The summed E-state index contributed by atoms with van der Waals surface area (Å²) in [6, 6.07) is 0. The van der Waals surface area contributed by atoms with Gasteiger partial charge in [0.05, 0.1) is 11.3 Å². The largest absolute Gasteiger partial charge is 0.370 e. The Balaban J connectivity index is 2.57. The van der Waals surface area contributed by atoms with Crippen LogP contribution in [-0.2, 0) is 19.9 Å². The quantitative estimate of drug-likeness (QED) is 0.910. The molecular formula is C15H23N5. The van der Waals surface area contributed by atoms with Crippen molar-refractivity contribution in [2.24, 2.45) is 7.05 Å². The topological polar surface area (TPSA) is 55.6 Å². The van der Waals surface area contributed by atoms with Crippen LogP contribution < -0.4 is 5.32 Å². The van der Waals surface area contributed by atoms with E-state index in [0.717, 1.165) is 48.0 Å². The highest BCUT2D eigenvalue weighted by Gasteiger charge is 2.15. The molecule has 2 aromatic heterocycles. The van der Waals surface area contributed by atoms with Crippen molar-refractivity contribution in [3.05, 3.63) is 23.1 Å². The van der Waals surface area contributed by atoms with Crippen LogP contribution in [0.4, 0.5) is 5.82 Å². The molecule has 5 heteroatoms. The van der Waals surface area contributed by atoms with E-state index in [1.807, 2.05) is 24.9 Å². The van der Waals surface area contributed by atoms with E-state index < -0.39 is 0 Å². The predicted molar refractivity (Wildman–Crippen MR) is 81.9 cm³/mol. The van der Waals surface area contributed by atoms with Gasteiger partial charge in [-0.2, -0.15) is 5.10 Å². The van der Waals surface area contributed by atoms with Crippen LogP contribution in [0.1, 0.15) is 37.7 Å². The van der Waals surface area contributed by atoms with Crippen LogP contribution >= 0.6 is 0 Å². The number of anilines is 1. The Morgan fingerprint density at radius 1 is 1.15 bits per heavy atom. The van der Waals surface area contributed by atoms with Crippen molar-refractivity contribution >= 4 is 5.82 Å². The number of aromatic nitrogens is 4. The fraction of sp³-hybridized carbons (Fsp3) is 0.533. The van der Waals surface area contributed by atoms with Gasteiger partial charge in [-0.1, -0.05) is 13.8 Å². The second-order valence-electron chi connectivity index (χ2n) is 4.86. The Hall–Kier alpha value is -1.91. The summed E-state index contributed by atoms with van der Waals surface area (Å²) in [6.07, 6.45) is 3.81. The first-order valence-electron chi connectivity index (χ1n) is 7.24. The van der Waals surface area contributed by atoms with Gasteiger partial charge in [0, 0.05) is 31.0 Å². The van der Waals surface area contributed by atoms with Crippen molar-refractivity contribution in [3.63, 3.8) is 0 Å². The normalized spacial score (nSPS) is 10.8. The average Bonchev–Trinajstić information content (AvgIpc) is 2.80. The van der Waals surface area contributed by atoms with E-state index >= 15 is 0 Å². The van der Waals surface area contributed by atoms with Crippen molar-refractivity contribution in [2.45, 2.75) is 40.5 Å². The zero-order valence-electron chi connectivity index (χ0n) is 13.0. The molecule has 0 saturated heterocycles. The van der Waals surface area contributed by atoms with Crippen LogP contribution in [0.15, 0.2) is 6.20 Å². The van der Waals surface area contributed by atoms with E-state index in [-0.39, 0.29) is 0 Å². The molecule has 2 rings (SSSR count). The number of nitrogens with zero attached hydrogens (tertiary/aromatic N) is 4. The van der Waals surface area contributed by atoms with Gasteiger partial charge >= 0.3 is 0 Å². The number of hydrogen-bond acceptors (Lipinski definition) is 4. The van der Waals surface area contributed by atoms with Gasteiger partial charge in [-0.3, -0.25) is 4.68 Å². The summed E-state index contributed by atoms with van der Waals surface area (Å²) in [7, 11) is 1.93. The molecule has 2 aromatic rings. The van der Waals surface area contributed by atoms with Crippen LogP contribution in [0.2, 0.25) is 0 Å². The lowest BCUT2D eigenvalue weighted by Crippen LogP contribution is -2.08. The molecule has 0 unspecified atom stereocenters. The van der Waals surface area contributed by atoms with Gasteiger partial charge in [0.15, 0.2) is 5.82 Å². The number of nitrogens with one attached hydrogen (secondary N) is 1. The number of aryl methyl sites for hydroxylation is 3. The molecule has 0 aromatic carbocycles. The average molecular weight is 273 g/mol. The molecule has 108 valence electrons. The predicted octanol–water partition coefficient (Wildman–Crippen LogP) is 2.74. The van der Waals surface area contributed by atoms with Gasteiger partial charge in [0.1, 0.15) is 5.82 Å². The molecule has 0 radical (unpaired) electrons. The fourth-order valence-corrected chi connectivity index (χ4v) is 2.44. The zero-order chi connectivity index (χ0) is 14.7. The van der Waals surface area contributed by atoms with E-state index in [0.29, 0.717) is 0 Å². The van der Waals surface area contributed by atoms with Gasteiger partial charge in [-0.25, -0.2) is 9.97 Å². The third-order valence-electron chi connectivity index (χ3n) is 3.39. The van der Waals surface area contributed by atoms with Gasteiger partial charge < -0.3 is 5.32 Å². The van der Waals surface area contributed by atoms with E-state index in [2.05, 4.69) is 36.2 Å². The van der Waals surface area contributed by atoms with E-state index in [9.17, 15) is 0 Å². The Kier molecular flexibility index (Phi) is 4.37. The number of rotatable bonds is 5. The standard InChI is InChI=1S/C15H23N5/c1-6-11-10(4)17-15(18-14(11)16-8-3)12-9-20(5)19-13(12)7-2/h9H,6-8H2,1-5H3,(H,16,17,18). The molecule has 0 amide bonds. The Bertz CT molecular complexity index is 601. The van der Waals surface area contributed by atoms with Crippen molar-refractivity contribution in [2.75, 3.05) is 11.9 Å². The minimum Gasteiger partial charge on any atom is -0.370 e. The molecule has 0 fully saturated rings. The molecule has 0 spiro atoms. The smallest absolute Gasteiger partial charge is 0.165 e. The zero-order valence-corrected chi connectivity index (χ0v) is 13.0. The second-order valence-corrected chi connectivity index (χ2v) is 4.86. The Morgan fingerprint density at radius 2 is 1.90 bits per heavy atom. The molecule has 0 aliphatic rings. The van der Waals surface area contributed by atoms with Gasteiger partial charge in [0.25, 0.3) is 0 Å². The first kappa shape index (κ1) is 14.5. The highest BCUT2D eigenvalue weighted by atomic mass is 15.3. The summed E-state index contributed by atoms with van der Waals surface area (Å²) >= 11 is 0. The Morgan fingerprint density at radius 3 is 2.50 bits per heavy atom. The van der Waals surface area contributed by atoms with Crippen molar-refractivity contribution < 1.29 is 0 Å². The maximum Gasteiger partial charge on any atom is 0.165 e. The molecule has 1 N–H and O–H groups in total. The summed E-state index contributed by atoms with van der Waals surface area (Å²) in [6.45, 7) is 9.22. The monoisotopic (exact) mass is 273 g/mol. The van der Waals surface area contributed by atoms with Gasteiger partial charge in [-0.05, 0) is 26.7 Å². The van der Waals surface area contributed by atoms with Crippen LogP contribution in [0.25, 0.3) is 11.4 Å². The molecule has 5 nitrogen and oxygen atoms in total. The molecule has 0 aliphatic carbocycles. The number of hydrogen-bond donors (Lipinski definition) is 1. The second kappa shape index (κ2) is 6.03. The lowest BCUT2D eigenvalue weighted by atomic mass is 10.1. The summed E-state index contributed by atoms with van der Waals surface area (Å²) in [5, 5.41) is 7.81. The highest BCUT2D eigenvalue weighted by Crippen LogP contribution is 2.25. The maximum absolute atomic E-state index is 4.71. The first-order valence-corrected chi connectivity index (χ1v) is 7.24. The molecule has 2 heterocycles. The third-order valence-corrected chi connectivity index (χ3v) is 3.39. The Labute approximate surface area is 120 Å². The van der Waals surface area contributed by atoms with Gasteiger partial charge in [0.2, 0.25) is 0 Å². The summed E-state index contributed by atoms with van der Waals surface area (Å²) in [4.78, 5) is 9.39. The van der Waals surface area contributed by atoms with Crippen molar-refractivity contribution in [1.82, 2.24) is 19.7 Å². The SMILES string of the molecule is CCNc1nc(-c2cn(C)nc2CC)nc(C)c1CC. The fourth-order valence-electron chi connectivity index (χ4n) is 2.44. The van der Waals surface area contributed by atoms with Crippen molar-refractivity contribution in [1.29, 1.82) is 0 Å². The van der Waals surface area contributed by atoms with Crippen LogP contribution in [0.3, 0.4) is 0 Å². The summed E-state index contributed by atoms with van der Waals surface area (Å²) in [5.74, 6) is 1.71. The van der Waals surface area contributed by atoms with E-state index in [1.165, 1.54) is 5.56 Å². The van der Waals surface area contributed by atoms with Crippen LogP contribution in [0, 0.1) is 6.92 Å². The summed E-state index contributed by atoms with van der Waals surface area (Å²) in [5.41, 5.74) is 4.30. The van der Waals surface area contributed by atoms with Crippen molar-refractivity contribution in [3.8, 4) is 11.4 Å². The lowest BCUT2D eigenvalue weighted by molar-refractivity contribution is 0.746. The first-order chi connectivity index (χ1) is 9.60. The van der Waals surface area contributed by atoms with E-state index in [4.69, 9.17) is 4.98 Å². The highest BCUT2D eigenvalue weighted by molar-refractivity contribution is 5.61. The molecule has 0 atom stereocenters. The maximum atomic E-state index is 4.71. The van der Waals surface area contributed by atoms with E-state index in [1.54, 1.807) is 0 Å². The summed E-state index contributed by atoms with van der Waals surface area (Å²) < 4.78 is 1.83. The molecule has 0 aliphatic heterocycles. The molecule has 20 heavy (non-hydrogen) atoms. The molecular weight excluding hydrogens is 250 g/mol. The lowest BCUT2D eigenvalue weighted by Gasteiger charge is -2.12. The van der Waals surface area contributed by atoms with Gasteiger partial charge in [-0.15, -0.1) is 0 Å². The third kappa shape index (κ3) is 2.66.